The van der Waals surface area contributed by atoms with Crippen molar-refractivity contribution in [2.45, 2.75) is 33.4 Å². The maximum atomic E-state index is 12.9. The third-order valence-electron chi connectivity index (χ3n) is 4.20. The van der Waals surface area contributed by atoms with Crippen LogP contribution in [0.5, 0.6) is 5.75 Å². The summed E-state index contributed by atoms with van der Waals surface area (Å²) >= 11 is 9.48. The molecule has 2 rings (SSSR count). The van der Waals surface area contributed by atoms with E-state index in [1.807, 2.05) is 38.1 Å². The molecule has 1 unspecified atom stereocenters. The molecule has 7 heteroatoms. The summed E-state index contributed by atoms with van der Waals surface area (Å²) in [6, 6.07) is 12.4. The lowest BCUT2D eigenvalue weighted by Crippen LogP contribution is -2.49. The van der Waals surface area contributed by atoms with Gasteiger partial charge in [0, 0.05) is 17.6 Å². The Hall–Kier alpha value is -2.05. The molecule has 0 saturated heterocycles. The molecule has 2 aromatic rings. The first-order valence-electron chi connectivity index (χ1n) is 9.02. The Morgan fingerprint density at radius 3 is 2.64 bits per heavy atom. The van der Waals surface area contributed by atoms with Gasteiger partial charge in [-0.2, -0.15) is 0 Å². The van der Waals surface area contributed by atoms with Crippen molar-refractivity contribution >= 4 is 39.3 Å². The molecule has 0 aromatic heterocycles. The number of hydrogen-bond donors (Lipinski definition) is 1. The van der Waals surface area contributed by atoms with Crippen LogP contribution in [-0.2, 0) is 16.1 Å². The Labute approximate surface area is 179 Å². The predicted molar refractivity (Wildman–Crippen MR) is 115 cm³/mol. The van der Waals surface area contributed by atoms with Crippen LogP contribution < -0.4 is 10.1 Å². The molecule has 150 valence electrons. The molecular formula is C21H24BrClN2O3. The highest BCUT2D eigenvalue weighted by atomic mass is 79.9. The summed E-state index contributed by atoms with van der Waals surface area (Å²) in [6.45, 7) is 6.15. The number of nitrogens with zero attached hydrogens (tertiary/aromatic N) is 1. The maximum Gasteiger partial charge on any atom is 0.261 e. The van der Waals surface area contributed by atoms with Gasteiger partial charge in [0.15, 0.2) is 6.61 Å². The smallest absolute Gasteiger partial charge is 0.261 e. The first-order valence-corrected chi connectivity index (χ1v) is 10.2. The average Bonchev–Trinajstić information content (AvgIpc) is 2.65. The lowest BCUT2D eigenvalue weighted by atomic mass is 10.1. The minimum Gasteiger partial charge on any atom is -0.482 e. The van der Waals surface area contributed by atoms with E-state index in [0.717, 1.165) is 15.6 Å². The first-order chi connectivity index (χ1) is 13.3. The number of likely N-dealkylation sites (N-methyl/N-ethyl adjacent to an activating group) is 1. The Morgan fingerprint density at radius 1 is 1.25 bits per heavy atom. The zero-order valence-corrected chi connectivity index (χ0v) is 18.5. The van der Waals surface area contributed by atoms with Crippen LogP contribution in [0.25, 0.3) is 0 Å². The number of nitrogens with one attached hydrogen (secondary N) is 1. The highest BCUT2D eigenvalue weighted by Crippen LogP contribution is 2.27. The van der Waals surface area contributed by atoms with Crippen molar-refractivity contribution in [3.63, 3.8) is 0 Å². The van der Waals surface area contributed by atoms with Gasteiger partial charge in [-0.1, -0.05) is 57.4 Å². The number of aryl methyl sites for hydroxylation is 1. The fraction of sp³-hybridized carbons (Fsp3) is 0.333. The van der Waals surface area contributed by atoms with Gasteiger partial charge in [0.25, 0.3) is 5.91 Å². The molecule has 0 bridgehead atoms. The lowest BCUT2D eigenvalue weighted by molar-refractivity contribution is -0.142. The summed E-state index contributed by atoms with van der Waals surface area (Å²) in [5, 5.41) is 3.17. The number of carbonyl (C=O) groups excluding carboxylic acids is 2. The summed E-state index contributed by atoms with van der Waals surface area (Å²) in [7, 11) is 0. The third-order valence-corrected chi connectivity index (χ3v) is 4.99. The molecule has 0 aliphatic carbocycles. The van der Waals surface area contributed by atoms with Crippen molar-refractivity contribution in [2.24, 2.45) is 0 Å². The molecule has 0 aliphatic rings. The van der Waals surface area contributed by atoms with Gasteiger partial charge >= 0.3 is 0 Å². The topological polar surface area (TPSA) is 58.6 Å². The number of halogens is 2. The Bertz CT molecular complexity index is 844. The van der Waals surface area contributed by atoms with Crippen LogP contribution in [0.15, 0.2) is 46.9 Å². The summed E-state index contributed by atoms with van der Waals surface area (Å²) in [5.74, 6) is -0.0798. The van der Waals surface area contributed by atoms with E-state index in [0.29, 0.717) is 23.9 Å². The van der Waals surface area contributed by atoms with Gasteiger partial charge in [0.05, 0.1) is 5.02 Å². The van der Waals surface area contributed by atoms with Crippen LogP contribution in [0, 0.1) is 6.92 Å². The molecule has 1 N–H and O–H groups in total. The van der Waals surface area contributed by atoms with Crippen molar-refractivity contribution < 1.29 is 14.3 Å². The Morgan fingerprint density at radius 2 is 2.00 bits per heavy atom. The number of carbonyl (C=O) groups is 2. The number of rotatable bonds is 8. The summed E-state index contributed by atoms with van der Waals surface area (Å²) in [4.78, 5) is 26.8. The second kappa shape index (κ2) is 10.5. The molecule has 0 spiro atoms. The normalized spacial score (nSPS) is 11.6. The van der Waals surface area contributed by atoms with Crippen LogP contribution in [0.4, 0.5) is 0 Å². The molecule has 2 amide bonds. The van der Waals surface area contributed by atoms with Gasteiger partial charge in [-0.05, 0) is 44.5 Å². The van der Waals surface area contributed by atoms with Crippen LogP contribution in [0.1, 0.15) is 25.0 Å². The molecule has 0 saturated carbocycles. The van der Waals surface area contributed by atoms with Gasteiger partial charge in [-0.15, -0.1) is 0 Å². The van der Waals surface area contributed by atoms with E-state index in [2.05, 4.69) is 21.2 Å². The minimum absolute atomic E-state index is 0.204. The molecule has 0 radical (unpaired) electrons. The van der Waals surface area contributed by atoms with Crippen molar-refractivity contribution in [1.29, 1.82) is 0 Å². The van der Waals surface area contributed by atoms with E-state index in [1.54, 1.807) is 25.1 Å². The SMILES string of the molecule is CCNC(=O)C(C)N(Cc1cccc(C)c1)C(=O)COc1ccc(Br)cc1Cl. The monoisotopic (exact) mass is 466 g/mol. The molecule has 0 heterocycles. The molecule has 2 aromatic carbocycles. The van der Waals surface area contributed by atoms with Crippen molar-refractivity contribution in [3.8, 4) is 5.75 Å². The molecule has 28 heavy (non-hydrogen) atoms. The second-order valence-electron chi connectivity index (χ2n) is 6.44. The van der Waals surface area contributed by atoms with E-state index in [4.69, 9.17) is 16.3 Å². The highest BCUT2D eigenvalue weighted by Gasteiger charge is 2.26. The fourth-order valence-corrected chi connectivity index (χ4v) is 3.45. The molecule has 0 fully saturated rings. The minimum atomic E-state index is -0.628. The van der Waals surface area contributed by atoms with Crippen LogP contribution in [0.3, 0.4) is 0 Å². The summed E-state index contributed by atoms with van der Waals surface area (Å²) < 4.78 is 6.43. The predicted octanol–water partition coefficient (Wildman–Crippen LogP) is 4.34. The number of benzene rings is 2. The molecule has 1 atom stereocenters. The van der Waals surface area contributed by atoms with Gasteiger partial charge in [-0.25, -0.2) is 0 Å². The van der Waals surface area contributed by atoms with E-state index >= 15 is 0 Å². The molecule has 5 nitrogen and oxygen atoms in total. The zero-order valence-electron chi connectivity index (χ0n) is 16.2. The van der Waals surface area contributed by atoms with Gasteiger partial charge in [0.2, 0.25) is 5.91 Å². The van der Waals surface area contributed by atoms with Crippen molar-refractivity contribution in [3.05, 3.63) is 63.1 Å². The van der Waals surface area contributed by atoms with Crippen LogP contribution in [0.2, 0.25) is 5.02 Å². The third kappa shape index (κ3) is 6.24. The van der Waals surface area contributed by atoms with Crippen LogP contribution in [-0.4, -0.2) is 35.9 Å². The standard InChI is InChI=1S/C21H24BrClN2O3/c1-4-24-21(27)15(3)25(12-16-7-5-6-14(2)10-16)20(26)13-28-19-9-8-17(22)11-18(19)23/h5-11,15H,4,12-13H2,1-3H3,(H,24,27). The fourth-order valence-electron chi connectivity index (χ4n) is 2.73. The first kappa shape index (κ1) is 22.2. The van der Waals surface area contributed by atoms with E-state index < -0.39 is 6.04 Å². The van der Waals surface area contributed by atoms with Crippen molar-refractivity contribution in [2.75, 3.05) is 13.2 Å². The van der Waals surface area contributed by atoms with Crippen LogP contribution >= 0.6 is 27.5 Å². The Kier molecular flexibility index (Phi) is 8.33. The molecule has 0 aliphatic heterocycles. The highest BCUT2D eigenvalue weighted by molar-refractivity contribution is 9.10. The lowest BCUT2D eigenvalue weighted by Gasteiger charge is -2.28. The second-order valence-corrected chi connectivity index (χ2v) is 7.77. The van der Waals surface area contributed by atoms with Gasteiger partial charge < -0.3 is 15.0 Å². The Balaban J connectivity index is 2.16. The van der Waals surface area contributed by atoms with E-state index in [1.165, 1.54) is 4.90 Å². The quantitative estimate of drug-likeness (QED) is 0.628. The largest absolute Gasteiger partial charge is 0.482 e. The number of amides is 2. The van der Waals surface area contributed by atoms with Crippen molar-refractivity contribution in [1.82, 2.24) is 10.2 Å². The van der Waals surface area contributed by atoms with E-state index in [9.17, 15) is 9.59 Å². The summed E-state index contributed by atoms with van der Waals surface area (Å²) in [5.41, 5.74) is 2.04. The van der Waals surface area contributed by atoms with Gasteiger partial charge in [0.1, 0.15) is 11.8 Å². The maximum absolute atomic E-state index is 12.9. The zero-order chi connectivity index (χ0) is 20.7. The van der Waals surface area contributed by atoms with Gasteiger partial charge in [-0.3, -0.25) is 9.59 Å². The molecular weight excluding hydrogens is 444 g/mol. The average molecular weight is 468 g/mol. The number of hydrogen-bond acceptors (Lipinski definition) is 3. The number of ether oxygens (including phenoxy) is 1. The van der Waals surface area contributed by atoms with E-state index in [-0.39, 0.29) is 18.4 Å². The summed E-state index contributed by atoms with van der Waals surface area (Å²) in [6.07, 6.45) is 0.